The van der Waals surface area contributed by atoms with Crippen LogP contribution >= 0.6 is 0 Å². The van der Waals surface area contributed by atoms with E-state index in [9.17, 15) is 15.0 Å². The van der Waals surface area contributed by atoms with E-state index >= 15 is 0 Å². The van der Waals surface area contributed by atoms with E-state index in [1.165, 1.54) is 6.33 Å². The molecule has 2 aromatic rings. The fraction of sp³-hybridized carbons (Fsp3) is 0.556. The van der Waals surface area contributed by atoms with Crippen molar-refractivity contribution in [1.82, 2.24) is 24.8 Å². The molecule has 3 heterocycles. The number of pyridine rings is 1. The molecule has 1 fully saturated rings. The molecule has 1 aliphatic heterocycles. The van der Waals surface area contributed by atoms with Gasteiger partial charge >= 0.3 is 0 Å². The number of rotatable bonds is 6. The molecule has 0 aromatic carbocycles. The van der Waals surface area contributed by atoms with Gasteiger partial charge in [0.05, 0.1) is 12.6 Å². The maximum Gasteiger partial charge on any atom is 0.259 e. The quantitative estimate of drug-likeness (QED) is 0.587. The molecule has 0 spiro atoms. The van der Waals surface area contributed by atoms with Crippen LogP contribution in [-0.4, -0.2) is 85.4 Å². The van der Waals surface area contributed by atoms with Gasteiger partial charge in [0, 0.05) is 55.3 Å². The Bertz CT molecular complexity index is 1110. The summed E-state index contributed by atoms with van der Waals surface area (Å²) < 4.78 is 6.35. The molecule has 2 N–H and O–H groups in total. The van der Waals surface area contributed by atoms with Gasteiger partial charge in [-0.25, -0.2) is 15.0 Å². The molecule has 1 aliphatic carbocycles. The summed E-state index contributed by atoms with van der Waals surface area (Å²) in [6.07, 6.45) is 9.66. The number of aliphatic hydroxyl groups is 2. The minimum Gasteiger partial charge on any atom is -0.472 e. The van der Waals surface area contributed by atoms with Gasteiger partial charge in [0.25, 0.3) is 5.91 Å². The minimum atomic E-state index is -0.975. The normalized spacial score (nSPS) is 22.2. The number of hydrogen-bond acceptors (Lipinski definition) is 8. The lowest BCUT2D eigenvalue weighted by Crippen LogP contribution is -2.49. The largest absolute Gasteiger partial charge is 0.472 e. The Kier molecular flexibility index (Phi) is 8.19. The van der Waals surface area contributed by atoms with Crippen LogP contribution in [0.3, 0.4) is 0 Å². The molecule has 9 nitrogen and oxygen atoms in total. The monoisotopic (exact) mass is 493 g/mol. The van der Waals surface area contributed by atoms with E-state index in [4.69, 9.17) is 4.74 Å². The molecule has 2 aromatic heterocycles. The maximum atomic E-state index is 13.6. The van der Waals surface area contributed by atoms with Crippen molar-refractivity contribution in [2.24, 2.45) is 5.92 Å². The van der Waals surface area contributed by atoms with Gasteiger partial charge < -0.3 is 19.8 Å². The van der Waals surface area contributed by atoms with Crippen LogP contribution in [0.5, 0.6) is 5.88 Å². The second kappa shape index (κ2) is 11.3. The standard InChI is InChI=1S/C27H35N5O4/c1-19-14-32(20(2)17-33)26(34)23-10-21(6-9-27(35)7-4-5-8-27)13-30-25(23)36-24(19)16-31(3)15-22-11-28-18-29-12-22/h10-13,18-20,24,33,35H,4-5,7-8,14-17H2,1-3H3/t19-,20-,24-/m0/s1. The lowest BCUT2D eigenvalue weighted by atomic mass is 9.99. The molecule has 4 rings (SSSR count). The maximum absolute atomic E-state index is 13.6. The summed E-state index contributed by atoms with van der Waals surface area (Å²) in [6.45, 7) is 5.41. The number of ether oxygens (including phenoxy) is 1. The Labute approximate surface area is 212 Å². The molecule has 1 amide bonds. The van der Waals surface area contributed by atoms with Crippen LogP contribution in [0.2, 0.25) is 0 Å². The van der Waals surface area contributed by atoms with Crippen LogP contribution in [0.25, 0.3) is 0 Å². The van der Waals surface area contributed by atoms with Crippen LogP contribution < -0.4 is 4.74 Å². The summed E-state index contributed by atoms with van der Waals surface area (Å²) >= 11 is 0. The smallest absolute Gasteiger partial charge is 0.259 e. The van der Waals surface area contributed by atoms with E-state index in [1.54, 1.807) is 29.6 Å². The van der Waals surface area contributed by atoms with Crippen LogP contribution in [0.15, 0.2) is 31.0 Å². The first-order valence-electron chi connectivity index (χ1n) is 12.5. The van der Waals surface area contributed by atoms with Crippen molar-refractivity contribution in [3.63, 3.8) is 0 Å². The molecule has 9 heteroatoms. The van der Waals surface area contributed by atoms with Gasteiger partial charge in [-0.2, -0.15) is 0 Å². The predicted molar refractivity (Wildman–Crippen MR) is 134 cm³/mol. The fourth-order valence-electron chi connectivity index (χ4n) is 4.76. The molecule has 0 saturated heterocycles. The van der Waals surface area contributed by atoms with E-state index in [1.807, 2.05) is 20.9 Å². The Balaban J connectivity index is 1.61. The number of carbonyl (C=O) groups excluding carboxylic acids is 1. The molecule has 0 bridgehead atoms. The number of hydrogen-bond donors (Lipinski definition) is 2. The number of nitrogens with zero attached hydrogens (tertiary/aromatic N) is 5. The summed E-state index contributed by atoms with van der Waals surface area (Å²) in [5, 5.41) is 20.4. The number of fused-ring (bicyclic) bond motifs is 1. The van der Waals surface area contributed by atoms with Crippen LogP contribution in [0.1, 0.15) is 61.0 Å². The molecule has 0 radical (unpaired) electrons. The molecular weight excluding hydrogens is 458 g/mol. The van der Waals surface area contributed by atoms with Crippen molar-refractivity contribution in [3.05, 3.63) is 47.7 Å². The number of carbonyl (C=O) groups is 1. The van der Waals surface area contributed by atoms with E-state index < -0.39 is 5.60 Å². The van der Waals surface area contributed by atoms with E-state index in [-0.39, 0.29) is 36.5 Å². The van der Waals surface area contributed by atoms with Gasteiger partial charge in [-0.1, -0.05) is 18.8 Å². The van der Waals surface area contributed by atoms with Crippen molar-refractivity contribution in [2.75, 3.05) is 26.7 Å². The molecule has 0 unspecified atom stereocenters. The molecule has 2 aliphatic rings. The van der Waals surface area contributed by atoms with Crippen molar-refractivity contribution >= 4 is 5.91 Å². The second-order valence-corrected chi connectivity index (χ2v) is 10.1. The fourth-order valence-corrected chi connectivity index (χ4v) is 4.76. The van der Waals surface area contributed by atoms with E-state index in [0.717, 1.165) is 18.4 Å². The molecule has 3 atom stereocenters. The van der Waals surface area contributed by atoms with Gasteiger partial charge in [0.1, 0.15) is 23.6 Å². The Morgan fingerprint density at radius 3 is 2.69 bits per heavy atom. The van der Waals surface area contributed by atoms with Crippen LogP contribution in [0, 0.1) is 17.8 Å². The number of amides is 1. The Morgan fingerprint density at radius 1 is 1.28 bits per heavy atom. The van der Waals surface area contributed by atoms with Crippen molar-refractivity contribution in [1.29, 1.82) is 0 Å². The van der Waals surface area contributed by atoms with Gasteiger partial charge in [-0.05, 0) is 45.7 Å². The summed E-state index contributed by atoms with van der Waals surface area (Å²) in [6, 6.07) is 1.32. The Morgan fingerprint density at radius 2 is 2.00 bits per heavy atom. The number of aromatic nitrogens is 3. The lowest BCUT2D eigenvalue weighted by molar-refractivity contribution is 0.0325. The summed E-state index contributed by atoms with van der Waals surface area (Å²) in [4.78, 5) is 30.0. The highest BCUT2D eigenvalue weighted by Crippen LogP contribution is 2.30. The number of likely N-dealkylation sites (N-methyl/N-ethyl adjacent to an activating group) is 1. The zero-order chi connectivity index (χ0) is 25.7. The van der Waals surface area contributed by atoms with Gasteiger partial charge in [-0.3, -0.25) is 9.69 Å². The summed E-state index contributed by atoms with van der Waals surface area (Å²) in [5.74, 6) is 5.99. The first-order chi connectivity index (χ1) is 17.3. The van der Waals surface area contributed by atoms with Crippen LogP contribution in [-0.2, 0) is 6.54 Å². The molecule has 36 heavy (non-hydrogen) atoms. The third-order valence-corrected chi connectivity index (χ3v) is 6.95. The van der Waals surface area contributed by atoms with Crippen molar-refractivity contribution in [3.8, 4) is 17.7 Å². The zero-order valence-corrected chi connectivity index (χ0v) is 21.2. The average molecular weight is 494 g/mol. The second-order valence-electron chi connectivity index (χ2n) is 10.1. The van der Waals surface area contributed by atoms with Gasteiger partial charge in [-0.15, -0.1) is 0 Å². The van der Waals surface area contributed by atoms with Gasteiger partial charge in [0.2, 0.25) is 5.88 Å². The van der Waals surface area contributed by atoms with Crippen molar-refractivity contribution in [2.45, 2.75) is 63.8 Å². The third-order valence-electron chi connectivity index (χ3n) is 6.95. The predicted octanol–water partition coefficient (Wildman–Crippen LogP) is 1.88. The third kappa shape index (κ3) is 6.19. The first kappa shape index (κ1) is 26.0. The summed E-state index contributed by atoms with van der Waals surface area (Å²) in [5.41, 5.74) is 0.886. The number of aliphatic hydroxyl groups excluding tert-OH is 1. The highest BCUT2D eigenvalue weighted by molar-refractivity contribution is 5.97. The first-order valence-corrected chi connectivity index (χ1v) is 12.5. The highest BCUT2D eigenvalue weighted by atomic mass is 16.5. The highest BCUT2D eigenvalue weighted by Gasteiger charge is 2.34. The van der Waals surface area contributed by atoms with Crippen molar-refractivity contribution < 1.29 is 19.7 Å². The minimum absolute atomic E-state index is 0.0107. The van der Waals surface area contributed by atoms with E-state index in [0.29, 0.717) is 43.6 Å². The Hall–Kier alpha value is -3.06. The zero-order valence-electron chi connectivity index (χ0n) is 21.2. The molecule has 192 valence electrons. The van der Waals surface area contributed by atoms with E-state index in [2.05, 4.69) is 31.7 Å². The lowest BCUT2D eigenvalue weighted by Gasteiger charge is -2.37. The topological polar surface area (TPSA) is 112 Å². The molecule has 1 saturated carbocycles. The SMILES string of the molecule is C[C@H]1CN([C@@H](C)CO)C(=O)c2cc(C#CC3(O)CCCC3)cnc2O[C@H]1CN(C)Cc1cncnc1. The molecular formula is C27H35N5O4. The average Bonchev–Trinajstić information content (AvgIpc) is 3.31. The summed E-state index contributed by atoms with van der Waals surface area (Å²) in [7, 11) is 2.00. The van der Waals surface area contributed by atoms with Gasteiger partial charge in [0.15, 0.2) is 0 Å². The van der Waals surface area contributed by atoms with Crippen LogP contribution in [0.4, 0.5) is 0 Å².